The first-order chi connectivity index (χ1) is 13.4. The topological polar surface area (TPSA) is 85.9 Å². The van der Waals surface area contributed by atoms with Gasteiger partial charge in [0, 0.05) is 11.8 Å². The molecule has 0 unspecified atom stereocenters. The van der Waals surface area contributed by atoms with Crippen LogP contribution in [0.25, 0.3) is 22.2 Å². The SMILES string of the molecule is Cc1noc(C)c1-c1ccc2[nH]c(=O)n3c2c1OC(C)(C)[C@H]3c1ccccn1. The van der Waals surface area contributed by atoms with E-state index in [1.54, 1.807) is 10.8 Å². The fraction of sp³-hybridized carbons (Fsp3) is 0.286. The van der Waals surface area contributed by atoms with E-state index in [0.29, 0.717) is 11.5 Å². The van der Waals surface area contributed by atoms with Crippen LogP contribution in [0.15, 0.2) is 45.8 Å². The molecule has 7 heteroatoms. The van der Waals surface area contributed by atoms with Crippen molar-refractivity contribution < 1.29 is 9.26 Å². The van der Waals surface area contributed by atoms with Gasteiger partial charge in [0.2, 0.25) is 0 Å². The van der Waals surface area contributed by atoms with Crippen LogP contribution in [-0.4, -0.2) is 25.3 Å². The second-order valence-electron chi connectivity index (χ2n) is 7.70. The highest BCUT2D eigenvalue weighted by molar-refractivity contribution is 5.92. The van der Waals surface area contributed by atoms with E-state index in [1.807, 2.05) is 58.0 Å². The fourth-order valence-electron chi connectivity index (χ4n) is 4.26. The number of benzene rings is 1. The maximum absolute atomic E-state index is 13.0. The monoisotopic (exact) mass is 376 g/mol. The molecule has 0 bridgehead atoms. The highest BCUT2D eigenvalue weighted by atomic mass is 16.5. The van der Waals surface area contributed by atoms with Crippen molar-refractivity contribution in [3.05, 3.63) is 64.2 Å². The smallest absolute Gasteiger partial charge is 0.327 e. The second-order valence-corrected chi connectivity index (χ2v) is 7.70. The molecule has 0 saturated heterocycles. The van der Waals surface area contributed by atoms with E-state index < -0.39 is 5.60 Å². The van der Waals surface area contributed by atoms with E-state index in [9.17, 15) is 4.79 Å². The second kappa shape index (κ2) is 5.58. The number of nitrogens with one attached hydrogen (secondary N) is 1. The Balaban J connectivity index is 1.87. The van der Waals surface area contributed by atoms with Gasteiger partial charge in [-0.15, -0.1) is 0 Å². The predicted octanol–water partition coefficient (Wildman–Crippen LogP) is 3.76. The normalized spacial score (nSPS) is 17.6. The third-order valence-corrected chi connectivity index (χ3v) is 5.39. The summed E-state index contributed by atoms with van der Waals surface area (Å²) in [6, 6.07) is 9.19. The lowest BCUT2D eigenvalue weighted by molar-refractivity contribution is 0.0552. The molecule has 142 valence electrons. The van der Waals surface area contributed by atoms with Crippen LogP contribution in [-0.2, 0) is 0 Å². The van der Waals surface area contributed by atoms with E-state index in [4.69, 9.17) is 9.26 Å². The molecular weight excluding hydrogens is 356 g/mol. The summed E-state index contributed by atoms with van der Waals surface area (Å²) in [5.74, 6) is 1.37. The molecule has 4 aromatic rings. The molecule has 4 heterocycles. The first-order valence-corrected chi connectivity index (χ1v) is 9.19. The van der Waals surface area contributed by atoms with Gasteiger partial charge in [-0.25, -0.2) is 4.79 Å². The molecule has 0 radical (unpaired) electrons. The van der Waals surface area contributed by atoms with Gasteiger partial charge in [0.25, 0.3) is 0 Å². The van der Waals surface area contributed by atoms with Crippen molar-refractivity contribution in [1.29, 1.82) is 0 Å². The van der Waals surface area contributed by atoms with Crippen molar-refractivity contribution in [3.8, 4) is 16.9 Å². The Morgan fingerprint density at radius 3 is 2.68 bits per heavy atom. The molecule has 0 fully saturated rings. The third-order valence-electron chi connectivity index (χ3n) is 5.39. The summed E-state index contributed by atoms with van der Waals surface area (Å²) < 4.78 is 13.7. The lowest BCUT2D eigenvalue weighted by Gasteiger charge is -2.39. The maximum atomic E-state index is 13.0. The van der Waals surface area contributed by atoms with Gasteiger partial charge in [0.15, 0.2) is 5.75 Å². The van der Waals surface area contributed by atoms with Crippen LogP contribution in [0.3, 0.4) is 0 Å². The van der Waals surface area contributed by atoms with E-state index in [-0.39, 0.29) is 11.7 Å². The summed E-state index contributed by atoms with van der Waals surface area (Å²) in [5, 5.41) is 4.08. The zero-order valence-corrected chi connectivity index (χ0v) is 16.1. The molecular formula is C21H20N4O3. The Morgan fingerprint density at radius 2 is 2.00 bits per heavy atom. The molecule has 1 aliphatic heterocycles. The van der Waals surface area contributed by atoms with Crippen LogP contribution in [0.2, 0.25) is 0 Å². The summed E-state index contributed by atoms with van der Waals surface area (Å²) in [5.41, 5.74) is 3.90. The quantitative estimate of drug-likeness (QED) is 0.576. The highest BCUT2D eigenvalue weighted by Gasteiger charge is 2.43. The molecule has 1 aromatic carbocycles. The minimum Gasteiger partial charge on any atom is -0.482 e. The number of rotatable bonds is 2. The molecule has 28 heavy (non-hydrogen) atoms. The zero-order chi connectivity index (χ0) is 19.6. The van der Waals surface area contributed by atoms with Crippen molar-refractivity contribution in [2.24, 2.45) is 0 Å². The van der Waals surface area contributed by atoms with Gasteiger partial charge < -0.3 is 14.2 Å². The number of imidazole rings is 1. The number of aromatic nitrogens is 4. The standard InChI is InChI=1S/C21H20N4O3/c1-11-16(12(2)28-24-11)13-8-9-14-17-18(13)27-21(3,4)19(25(17)20(26)23-14)15-7-5-6-10-22-15/h5-10,19H,1-4H3,(H,23,26)/t19-/m1/s1. The number of nitrogens with zero attached hydrogens (tertiary/aromatic N) is 3. The molecule has 0 spiro atoms. The van der Waals surface area contributed by atoms with Gasteiger partial charge in [-0.2, -0.15) is 0 Å². The van der Waals surface area contributed by atoms with Crippen LogP contribution in [0.4, 0.5) is 0 Å². The van der Waals surface area contributed by atoms with Gasteiger partial charge in [0.05, 0.1) is 22.5 Å². The van der Waals surface area contributed by atoms with Crippen molar-refractivity contribution >= 4 is 11.0 Å². The average Bonchev–Trinajstić information content (AvgIpc) is 3.16. The number of aromatic amines is 1. The molecule has 3 aromatic heterocycles. The van der Waals surface area contributed by atoms with Gasteiger partial charge in [-0.3, -0.25) is 9.55 Å². The number of pyridine rings is 1. The molecule has 0 aliphatic carbocycles. The Bertz CT molecular complexity index is 1240. The molecule has 1 atom stereocenters. The van der Waals surface area contributed by atoms with E-state index in [1.165, 1.54) is 0 Å². The van der Waals surface area contributed by atoms with E-state index in [0.717, 1.165) is 33.5 Å². The van der Waals surface area contributed by atoms with Gasteiger partial charge in [-0.1, -0.05) is 11.2 Å². The summed E-state index contributed by atoms with van der Waals surface area (Å²) >= 11 is 0. The van der Waals surface area contributed by atoms with Gasteiger partial charge in [-0.05, 0) is 52.0 Å². The summed E-state index contributed by atoms with van der Waals surface area (Å²) in [6.07, 6.45) is 1.73. The van der Waals surface area contributed by atoms with Gasteiger partial charge >= 0.3 is 5.69 Å². The maximum Gasteiger partial charge on any atom is 0.327 e. The van der Waals surface area contributed by atoms with Crippen LogP contribution in [0.5, 0.6) is 5.75 Å². The first kappa shape index (κ1) is 16.8. The van der Waals surface area contributed by atoms with E-state index in [2.05, 4.69) is 15.1 Å². The minimum atomic E-state index is -0.699. The molecule has 1 aliphatic rings. The summed E-state index contributed by atoms with van der Waals surface area (Å²) in [6.45, 7) is 7.73. The fourth-order valence-corrected chi connectivity index (χ4v) is 4.26. The number of aryl methyl sites for hydroxylation is 2. The summed E-state index contributed by atoms with van der Waals surface area (Å²) in [7, 11) is 0. The lowest BCUT2D eigenvalue weighted by Crippen LogP contribution is -2.46. The molecule has 7 nitrogen and oxygen atoms in total. The Kier molecular flexibility index (Phi) is 3.34. The minimum absolute atomic E-state index is 0.181. The molecule has 1 N–H and O–H groups in total. The molecule has 5 rings (SSSR count). The number of ether oxygens (including phenoxy) is 1. The largest absolute Gasteiger partial charge is 0.482 e. The zero-order valence-electron chi connectivity index (χ0n) is 16.1. The highest BCUT2D eigenvalue weighted by Crippen LogP contribution is 2.47. The summed E-state index contributed by atoms with van der Waals surface area (Å²) in [4.78, 5) is 20.4. The third kappa shape index (κ3) is 2.19. The van der Waals surface area contributed by atoms with Crippen LogP contribution < -0.4 is 10.4 Å². The van der Waals surface area contributed by atoms with Crippen LogP contribution in [0, 0.1) is 13.8 Å². The van der Waals surface area contributed by atoms with Crippen molar-refractivity contribution in [1.82, 2.24) is 19.7 Å². The van der Waals surface area contributed by atoms with Crippen molar-refractivity contribution in [2.45, 2.75) is 39.3 Å². The first-order valence-electron chi connectivity index (χ1n) is 9.19. The van der Waals surface area contributed by atoms with Crippen LogP contribution >= 0.6 is 0 Å². The lowest BCUT2D eigenvalue weighted by atomic mass is 9.91. The van der Waals surface area contributed by atoms with Crippen molar-refractivity contribution in [2.75, 3.05) is 0 Å². The van der Waals surface area contributed by atoms with E-state index >= 15 is 0 Å². The number of H-pyrrole nitrogens is 1. The molecule has 0 saturated carbocycles. The molecule has 0 amide bonds. The Hall–Kier alpha value is -3.35. The Morgan fingerprint density at radius 1 is 1.18 bits per heavy atom. The predicted molar refractivity (Wildman–Crippen MR) is 105 cm³/mol. The van der Waals surface area contributed by atoms with Crippen LogP contribution in [0.1, 0.15) is 37.0 Å². The average molecular weight is 376 g/mol. The number of hydrogen-bond donors (Lipinski definition) is 1. The Labute approximate surface area is 161 Å². The number of hydrogen-bond acceptors (Lipinski definition) is 5. The van der Waals surface area contributed by atoms with Crippen molar-refractivity contribution in [3.63, 3.8) is 0 Å². The van der Waals surface area contributed by atoms with Gasteiger partial charge in [0.1, 0.15) is 22.9 Å².